The van der Waals surface area contributed by atoms with Crippen molar-refractivity contribution in [2.45, 2.75) is 19.3 Å². The molecule has 0 amide bonds. The summed E-state index contributed by atoms with van der Waals surface area (Å²) in [4.78, 5) is 37.2. The Morgan fingerprint density at radius 2 is 1.95 bits per heavy atom. The van der Waals surface area contributed by atoms with Gasteiger partial charge in [0, 0.05) is 23.7 Å². The van der Waals surface area contributed by atoms with Crippen molar-refractivity contribution < 1.29 is 9.18 Å². The summed E-state index contributed by atoms with van der Waals surface area (Å²) in [7, 11) is 0. The third kappa shape index (κ3) is 2.94. The van der Waals surface area contributed by atoms with Crippen molar-refractivity contribution >= 4 is 70.9 Å². The van der Waals surface area contributed by atoms with Crippen LogP contribution in [0.4, 0.5) is 4.39 Å². The number of thiophene rings is 1. The minimum Gasteiger partial charge on any atom is -0.298 e. The van der Waals surface area contributed by atoms with Crippen LogP contribution < -0.4 is 0 Å². The van der Waals surface area contributed by atoms with E-state index in [-0.39, 0.29) is 17.3 Å². The molecule has 180 valence electrons. The quantitative estimate of drug-likeness (QED) is 0.291. The van der Waals surface area contributed by atoms with Crippen LogP contribution in [0.25, 0.3) is 64.9 Å². The molecule has 2 aliphatic heterocycles. The summed E-state index contributed by atoms with van der Waals surface area (Å²) in [5.41, 5.74) is 4.18. The van der Waals surface area contributed by atoms with Gasteiger partial charge in [0.05, 0.1) is 39.2 Å². The molecule has 8 bridgehead atoms. The van der Waals surface area contributed by atoms with E-state index in [0.717, 1.165) is 28.8 Å². The number of halogens is 1. The number of aromatic nitrogens is 8. The van der Waals surface area contributed by atoms with E-state index in [2.05, 4.69) is 30.1 Å². The first-order valence-corrected chi connectivity index (χ1v) is 12.7. The Balaban J connectivity index is 1.61. The van der Waals surface area contributed by atoms with Crippen LogP contribution >= 0.6 is 11.3 Å². The maximum atomic E-state index is 16.1. The van der Waals surface area contributed by atoms with Crippen LogP contribution in [0.3, 0.4) is 0 Å². The number of nitrogens with zero attached hydrogens (tertiary/aromatic N) is 6. The average Bonchev–Trinajstić information content (AvgIpc) is 3.61. The predicted molar refractivity (Wildman–Crippen MR) is 140 cm³/mol. The highest BCUT2D eigenvalue weighted by Gasteiger charge is 2.28. The summed E-state index contributed by atoms with van der Waals surface area (Å²) >= 11 is 1.45. The maximum Gasteiger partial charge on any atom is 0.235 e. The standard InChI is InChI=1S/C26H17FN8OS/c27-20-19-16-11-30-21(20)13-8-14(10-28-9-13)35(26(36)12-2-1-3-12)18-5-4-17(37-18)23-22-15(6-7-29-23)31-25(32-22)24(19)34-33-16/h4-12,33-34H,1-3H2. The number of pyridine rings is 3. The van der Waals surface area contributed by atoms with Crippen molar-refractivity contribution in [3.05, 3.63) is 54.9 Å². The van der Waals surface area contributed by atoms with Gasteiger partial charge >= 0.3 is 0 Å². The average molecular weight is 509 g/mol. The van der Waals surface area contributed by atoms with Gasteiger partial charge in [-0.15, -0.1) is 11.3 Å². The lowest BCUT2D eigenvalue weighted by molar-refractivity contribution is 0.0776. The largest absolute Gasteiger partial charge is 0.298 e. The molecule has 5 aromatic heterocycles. The van der Waals surface area contributed by atoms with Crippen molar-refractivity contribution in [3.8, 4) is 11.3 Å². The lowest BCUT2D eigenvalue weighted by Gasteiger charge is -2.24. The number of carbonyl (C=O) groups is 1. The normalized spacial score (nSPS) is 14.3. The van der Waals surface area contributed by atoms with Gasteiger partial charge in [-0.2, -0.15) is 0 Å². The topological polar surface area (TPSA) is 118 Å². The Kier molecular flexibility index (Phi) is 4.19. The van der Waals surface area contributed by atoms with Gasteiger partial charge in [-0.1, -0.05) is 6.42 Å². The highest BCUT2D eigenvalue weighted by molar-refractivity contribution is 7.24. The van der Waals surface area contributed by atoms with Crippen LogP contribution in [0.5, 0.6) is 0 Å². The van der Waals surface area contributed by atoms with Crippen LogP contribution in [0.1, 0.15) is 24.1 Å². The van der Waals surface area contributed by atoms with Gasteiger partial charge in [-0.05, 0) is 37.1 Å². The fraction of sp³-hybridized carbons (Fsp3) is 0.154. The lowest BCUT2D eigenvalue weighted by Crippen LogP contribution is -2.27. The molecule has 0 saturated heterocycles. The Bertz CT molecular complexity index is 2080. The molecule has 9 nitrogen and oxygen atoms in total. The Hall–Kier alpha value is -4.51. The Morgan fingerprint density at radius 3 is 2.81 bits per heavy atom. The Labute approximate surface area is 211 Å². The number of fused-ring (bicyclic) bond motifs is 9. The van der Waals surface area contributed by atoms with Crippen LogP contribution in [-0.2, 0) is 0 Å². The van der Waals surface area contributed by atoms with E-state index in [1.54, 1.807) is 41.5 Å². The molecule has 0 unspecified atom stereocenters. The number of H-pyrrole nitrogens is 2. The third-order valence-electron chi connectivity index (χ3n) is 7.14. The fourth-order valence-corrected chi connectivity index (χ4v) is 6.05. The van der Waals surface area contributed by atoms with E-state index in [0.29, 0.717) is 49.9 Å². The molecule has 37 heavy (non-hydrogen) atoms. The minimum absolute atomic E-state index is 0.0101. The van der Waals surface area contributed by atoms with Crippen molar-refractivity contribution in [3.63, 3.8) is 0 Å². The molecule has 0 atom stereocenters. The summed E-state index contributed by atoms with van der Waals surface area (Å²) in [5.74, 6) is -0.567. The molecule has 1 fully saturated rings. The number of carbonyl (C=O) groups excluding carboxylic acids is 1. The zero-order valence-electron chi connectivity index (χ0n) is 19.2. The van der Waals surface area contributed by atoms with Gasteiger partial charge in [0.15, 0.2) is 11.5 Å². The van der Waals surface area contributed by atoms with E-state index in [9.17, 15) is 4.79 Å². The molecule has 3 aliphatic rings. The van der Waals surface area contributed by atoms with E-state index in [1.807, 2.05) is 12.1 Å². The van der Waals surface area contributed by atoms with Gasteiger partial charge in [0.2, 0.25) is 5.91 Å². The number of aromatic amines is 2. The van der Waals surface area contributed by atoms with Gasteiger partial charge in [-0.3, -0.25) is 34.5 Å². The molecule has 1 aliphatic carbocycles. The lowest BCUT2D eigenvalue weighted by atomic mass is 9.84. The number of rotatable bonds is 1. The highest BCUT2D eigenvalue weighted by atomic mass is 32.1. The van der Waals surface area contributed by atoms with Crippen LogP contribution in [0.2, 0.25) is 0 Å². The summed E-state index contributed by atoms with van der Waals surface area (Å²) < 4.78 is 18.6. The molecule has 11 heteroatoms. The molecular weight excluding hydrogens is 491 g/mol. The molecule has 5 aromatic rings. The number of hydrogen-bond donors (Lipinski definition) is 2. The van der Waals surface area contributed by atoms with Crippen molar-refractivity contribution in [1.82, 2.24) is 39.7 Å². The number of imidazole rings is 1. The number of nitrogens with one attached hydrogen (secondary N) is 2. The first-order valence-electron chi connectivity index (χ1n) is 11.9. The molecule has 0 radical (unpaired) electrons. The van der Waals surface area contributed by atoms with Gasteiger partial charge < -0.3 is 0 Å². The van der Waals surface area contributed by atoms with E-state index >= 15 is 4.39 Å². The molecule has 8 rings (SSSR count). The van der Waals surface area contributed by atoms with Gasteiger partial charge in [0.25, 0.3) is 0 Å². The highest BCUT2D eigenvalue weighted by Crippen LogP contribution is 2.35. The van der Waals surface area contributed by atoms with Crippen LogP contribution in [0, 0.1) is 11.7 Å². The van der Waals surface area contributed by atoms with Crippen molar-refractivity contribution in [2.75, 3.05) is 0 Å². The summed E-state index contributed by atoms with van der Waals surface area (Å²) in [5, 5.41) is 6.46. The van der Waals surface area contributed by atoms with E-state index in [4.69, 9.17) is 4.98 Å². The second-order valence-electron chi connectivity index (χ2n) is 9.28. The molecule has 1 saturated carbocycles. The van der Waals surface area contributed by atoms with E-state index in [1.165, 1.54) is 11.3 Å². The molecular formula is C26H17FN8OS. The smallest absolute Gasteiger partial charge is 0.235 e. The molecule has 0 aromatic carbocycles. The minimum atomic E-state index is -0.527. The van der Waals surface area contributed by atoms with Gasteiger partial charge in [-0.25, -0.2) is 14.4 Å². The Morgan fingerprint density at radius 1 is 1.03 bits per heavy atom. The number of hydrogen-bond acceptors (Lipinski definition) is 7. The first-order chi connectivity index (χ1) is 18.2. The summed E-state index contributed by atoms with van der Waals surface area (Å²) in [6, 6.07) is 7.42. The molecule has 2 N–H and O–H groups in total. The second kappa shape index (κ2) is 7.50. The van der Waals surface area contributed by atoms with Gasteiger partial charge in [0.1, 0.15) is 27.1 Å². The maximum absolute atomic E-state index is 16.1. The van der Waals surface area contributed by atoms with Crippen LogP contribution in [0.15, 0.2) is 49.1 Å². The monoisotopic (exact) mass is 508 g/mol. The third-order valence-corrected chi connectivity index (χ3v) is 8.22. The van der Waals surface area contributed by atoms with Crippen molar-refractivity contribution in [2.24, 2.45) is 5.92 Å². The zero-order valence-corrected chi connectivity index (χ0v) is 20.0. The second-order valence-corrected chi connectivity index (χ2v) is 10.3. The SMILES string of the molecule is O=C(C1CCC1)n1c2cncc(c2)c2ncc3[nH][nH]c(c4nc5ccnc(c6ccc1s6)c5n4)-c3c2F. The fourth-order valence-electron chi connectivity index (χ4n) is 5.02. The van der Waals surface area contributed by atoms with E-state index < -0.39 is 5.82 Å². The summed E-state index contributed by atoms with van der Waals surface area (Å²) in [6.45, 7) is 0. The van der Waals surface area contributed by atoms with Crippen molar-refractivity contribution in [1.29, 1.82) is 0 Å². The summed E-state index contributed by atoms with van der Waals surface area (Å²) in [6.07, 6.45) is 9.19. The van der Waals surface area contributed by atoms with Crippen LogP contribution in [-0.4, -0.2) is 45.6 Å². The molecule has 0 spiro atoms. The predicted octanol–water partition coefficient (Wildman–Crippen LogP) is 5.76. The molecule has 7 heterocycles. The first kappa shape index (κ1) is 20.7. The zero-order chi connectivity index (χ0) is 24.7.